The van der Waals surface area contributed by atoms with Crippen LogP contribution in [0.4, 0.5) is 11.4 Å². The minimum absolute atomic E-state index is 0.724. The quantitative estimate of drug-likeness (QED) is 0.839. The number of hydrogen-bond acceptors (Lipinski definition) is 2. The van der Waals surface area contributed by atoms with Crippen molar-refractivity contribution in [3.8, 4) is 0 Å². The fourth-order valence-electron chi connectivity index (χ4n) is 2.47. The van der Waals surface area contributed by atoms with Gasteiger partial charge in [0.05, 0.1) is 0 Å². The van der Waals surface area contributed by atoms with Crippen molar-refractivity contribution < 1.29 is 0 Å². The van der Waals surface area contributed by atoms with Crippen LogP contribution in [-0.2, 0) is 6.54 Å². The minimum atomic E-state index is 0.724. The zero-order chi connectivity index (χ0) is 14.8. The molecule has 1 N–H and O–H groups in total. The normalized spacial score (nSPS) is 14.2. The zero-order valence-electron chi connectivity index (χ0n) is 12.6. The molecule has 0 spiro atoms. The predicted molar refractivity (Wildman–Crippen MR) is 93.2 cm³/mol. The molecule has 0 heterocycles. The minimum Gasteiger partial charge on any atom is -0.344 e. The molecule has 2 nitrogen and oxygen atoms in total. The van der Waals surface area contributed by atoms with Crippen LogP contribution in [0.5, 0.6) is 0 Å². The maximum absolute atomic E-state index is 3.61. The summed E-state index contributed by atoms with van der Waals surface area (Å²) < 4.78 is 1.14. The smallest absolute Gasteiger partial charge is 0.0454 e. The van der Waals surface area contributed by atoms with Crippen LogP contribution in [0.2, 0.25) is 0 Å². The summed E-state index contributed by atoms with van der Waals surface area (Å²) >= 11 is 3.59. The topological polar surface area (TPSA) is 15.3 Å². The lowest BCUT2D eigenvalue weighted by atomic mass is 10.1. The number of rotatable bonds is 5. The molecule has 0 amide bonds. The highest BCUT2D eigenvalue weighted by molar-refractivity contribution is 9.10. The fraction of sp³-hybridized carbons (Fsp3) is 0.333. The first-order valence-electron chi connectivity index (χ1n) is 7.46. The average Bonchev–Trinajstić information content (AvgIpc) is 3.29. The van der Waals surface area contributed by atoms with Gasteiger partial charge in [-0.25, -0.2) is 0 Å². The van der Waals surface area contributed by atoms with Crippen molar-refractivity contribution in [2.75, 3.05) is 11.9 Å². The maximum atomic E-state index is 3.61. The third kappa shape index (κ3) is 3.66. The van der Waals surface area contributed by atoms with E-state index < -0.39 is 0 Å². The molecule has 3 rings (SSSR count). The molecule has 21 heavy (non-hydrogen) atoms. The van der Waals surface area contributed by atoms with Crippen LogP contribution >= 0.6 is 15.9 Å². The molecule has 1 aliphatic rings. The van der Waals surface area contributed by atoms with Gasteiger partial charge in [0.25, 0.3) is 0 Å². The zero-order valence-corrected chi connectivity index (χ0v) is 14.2. The van der Waals surface area contributed by atoms with Crippen molar-refractivity contribution in [1.82, 2.24) is 5.32 Å². The van der Waals surface area contributed by atoms with Gasteiger partial charge in [-0.1, -0.05) is 33.6 Å². The molecule has 0 atom stereocenters. The molecule has 3 heteroatoms. The van der Waals surface area contributed by atoms with Crippen molar-refractivity contribution in [2.45, 2.75) is 32.4 Å². The standard InChI is InChI=1S/C18H21BrN2/c1-13-3-8-17(9-4-13)21(2)18-10-5-15(19)11-14(18)12-20-16-6-7-16/h3-5,8-11,16,20H,6-7,12H2,1-2H3. The molecule has 0 saturated heterocycles. The summed E-state index contributed by atoms with van der Waals surface area (Å²) in [5.41, 5.74) is 5.10. The molecule has 1 aliphatic carbocycles. The Labute approximate surface area is 135 Å². The highest BCUT2D eigenvalue weighted by Crippen LogP contribution is 2.30. The first-order valence-corrected chi connectivity index (χ1v) is 8.25. The maximum Gasteiger partial charge on any atom is 0.0454 e. The number of benzene rings is 2. The predicted octanol–water partition coefficient (Wildman–Crippen LogP) is 4.78. The molecule has 0 unspecified atom stereocenters. The Bertz CT molecular complexity index is 618. The van der Waals surface area contributed by atoms with E-state index in [1.54, 1.807) is 0 Å². The molecule has 1 saturated carbocycles. The van der Waals surface area contributed by atoms with Crippen molar-refractivity contribution in [2.24, 2.45) is 0 Å². The first-order chi connectivity index (χ1) is 10.1. The SMILES string of the molecule is Cc1ccc(N(C)c2ccc(Br)cc2CNC2CC2)cc1. The Hall–Kier alpha value is -1.32. The van der Waals surface area contributed by atoms with E-state index in [-0.39, 0.29) is 0 Å². The molecular formula is C18H21BrN2. The largest absolute Gasteiger partial charge is 0.344 e. The lowest BCUT2D eigenvalue weighted by Gasteiger charge is -2.23. The second kappa shape index (κ2) is 6.20. The number of hydrogen-bond donors (Lipinski definition) is 1. The number of aryl methyl sites for hydroxylation is 1. The van der Waals surface area contributed by atoms with Crippen molar-refractivity contribution in [3.05, 3.63) is 58.1 Å². The molecular weight excluding hydrogens is 324 g/mol. The van der Waals surface area contributed by atoms with Gasteiger partial charge in [0.15, 0.2) is 0 Å². The van der Waals surface area contributed by atoms with Gasteiger partial charge in [0.2, 0.25) is 0 Å². The summed E-state index contributed by atoms with van der Waals surface area (Å²) in [7, 11) is 2.13. The van der Waals surface area contributed by atoms with Crippen LogP contribution in [0, 0.1) is 6.92 Å². The third-order valence-electron chi connectivity index (χ3n) is 3.98. The molecule has 110 valence electrons. The van der Waals surface area contributed by atoms with Crippen LogP contribution in [-0.4, -0.2) is 13.1 Å². The average molecular weight is 345 g/mol. The molecule has 2 aromatic carbocycles. The van der Waals surface area contributed by atoms with Crippen LogP contribution in [0.1, 0.15) is 24.0 Å². The van der Waals surface area contributed by atoms with Gasteiger partial charge in [-0.15, -0.1) is 0 Å². The summed E-state index contributed by atoms with van der Waals surface area (Å²) in [4.78, 5) is 2.26. The van der Waals surface area contributed by atoms with E-state index in [1.165, 1.54) is 35.3 Å². The molecule has 0 radical (unpaired) electrons. The summed E-state index contributed by atoms with van der Waals surface area (Å²) in [5, 5.41) is 3.61. The highest BCUT2D eigenvalue weighted by Gasteiger charge is 2.21. The van der Waals surface area contributed by atoms with E-state index in [2.05, 4.69) is 82.6 Å². The fourth-order valence-corrected chi connectivity index (χ4v) is 2.88. The Morgan fingerprint density at radius 3 is 2.52 bits per heavy atom. The van der Waals surface area contributed by atoms with E-state index in [4.69, 9.17) is 0 Å². The van der Waals surface area contributed by atoms with E-state index >= 15 is 0 Å². The Morgan fingerprint density at radius 1 is 1.14 bits per heavy atom. The monoisotopic (exact) mass is 344 g/mol. The van der Waals surface area contributed by atoms with E-state index in [0.717, 1.165) is 17.1 Å². The molecule has 0 bridgehead atoms. The Kier molecular flexibility index (Phi) is 4.32. The van der Waals surface area contributed by atoms with Crippen LogP contribution in [0.3, 0.4) is 0 Å². The van der Waals surface area contributed by atoms with Gasteiger partial charge in [-0.2, -0.15) is 0 Å². The van der Waals surface area contributed by atoms with Gasteiger partial charge in [-0.3, -0.25) is 0 Å². The van der Waals surface area contributed by atoms with Crippen LogP contribution < -0.4 is 10.2 Å². The van der Waals surface area contributed by atoms with Crippen molar-refractivity contribution >= 4 is 27.3 Å². The van der Waals surface area contributed by atoms with E-state index in [0.29, 0.717) is 0 Å². The molecule has 1 fully saturated rings. The second-order valence-corrected chi connectivity index (χ2v) is 6.74. The summed E-state index contributed by atoms with van der Waals surface area (Å²) in [6, 6.07) is 15.9. The van der Waals surface area contributed by atoms with Crippen molar-refractivity contribution in [1.29, 1.82) is 0 Å². The summed E-state index contributed by atoms with van der Waals surface area (Å²) in [6.45, 7) is 3.05. The summed E-state index contributed by atoms with van der Waals surface area (Å²) in [6.07, 6.45) is 2.63. The summed E-state index contributed by atoms with van der Waals surface area (Å²) in [5.74, 6) is 0. The first kappa shape index (κ1) is 14.6. The highest BCUT2D eigenvalue weighted by atomic mass is 79.9. The number of halogens is 1. The van der Waals surface area contributed by atoms with E-state index in [9.17, 15) is 0 Å². The third-order valence-corrected chi connectivity index (χ3v) is 4.48. The number of nitrogens with zero attached hydrogens (tertiary/aromatic N) is 1. The molecule has 2 aromatic rings. The lowest BCUT2D eigenvalue weighted by molar-refractivity contribution is 0.687. The van der Waals surface area contributed by atoms with Crippen LogP contribution in [0.15, 0.2) is 46.9 Å². The lowest BCUT2D eigenvalue weighted by Crippen LogP contribution is -2.19. The van der Waals surface area contributed by atoms with Crippen molar-refractivity contribution in [3.63, 3.8) is 0 Å². The van der Waals surface area contributed by atoms with Gasteiger partial charge in [-0.05, 0) is 55.7 Å². The Balaban J connectivity index is 1.86. The second-order valence-electron chi connectivity index (χ2n) is 5.82. The van der Waals surface area contributed by atoms with Gasteiger partial charge in [0.1, 0.15) is 0 Å². The number of nitrogens with one attached hydrogen (secondary N) is 1. The van der Waals surface area contributed by atoms with Gasteiger partial charge < -0.3 is 10.2 Å². The molecule has 0 aliphatic heterocycles. The molecule has 0 aromatic heterocycles. The Morgan fingerprint density at radius 2 is 1.86 bits per heavy atom. The van der Waals surface area contributed by atoms with Gasteiger partial charge in [0, 0.05) is 35.5 Å². The van der Waals surface area contributed by atoms with E-state index in [1.807, 2.05) is 0 Å². The van der Waals surface area contributed by atoms with Gasteiger partial charge >= 0.3 is 0 Å². The van der Waals surface area contributed by atoms with Crippen LogP contribution in [0.25, 0.3) is 0 Å². The number of anilines is 2.